The van der Waals surface area contributed by atoms with E-state index in [4.69, 9.17) is 9.47 Å². The van der Waals surface area contributed by atoms with Gasteiger partial charge in [0, 0.05) is 31.2 Å². The third-order valence-corrected chi connectivity index (χ3v) is 4.89. The molecule has 0 amide bonds. The van der Waals surface area contributed by atoms with Crippen LogP contribution in [0.1, 0.15) is 28.9 Å². The molecule has 2 heterocycles. The number of ether oxygens (including phenoxy) is 2. The van der Waals surface area contributed by atoms with E-state index in [-0.39, 0.29) is 0 Å². The summed E-state index contributed by atoms with van der Waals surface area (Å²) >= 11 is 0. The second-order valence-corrected chi connectivity index (χ2v) is 6.97. The van der Waals surface area contributed by atoms with Crippen LogP contribution in [0.4, 0.5) is 4.39 Å². The van der Waals surface area contributed by atoms with Gasteiger partial charge >= 0.3 is 5.97 Å². The van der Waals surface area contributed by atoms with Gasteiger partial charge in [-0.15, -0.1) is 0 Å². The van der Waals surface area contributed by atoms with E-state index in [0.717, 1.165) is 0 Å². The normalized spacial score (nSPS) is 11.9. The molecule has 0 bridgehead atoms. The molecule has 4 rings (SSSR count). The van der Waals surface area contributed by atoms with Gasteiger partial charge in [0.2, 0.25) is 0 Å². The quantitative estimate of drug-likeness (QED) is 0.434. The lowest BCUT2D eigenvalue weighted by Gasteiger charge is -2.15. The highest BCUT2D eigenvalue weighted by molar-refractivity contribution is 5.96. The fourth-order valence-electron chi connectivity index (χ4n) is 3.34. The fraction of sp³-hybridized carbons (Fsp3) is 0.174. The topological polar surface area (TPSA) is 71.2 Å². The van der Waals surface area contributed by atoms with Crippen molar-refractivity contribution in [2.75, 3.05) is 7.11 Å². The second-order valence-electron chi connectivity index (χ2n) is 6.97. The summed E-state index contributed by atoms with van der Waals surface area (Å²) in [6.07, 6.45) is 4.16. The van der Waals surface area contributed by atoms with Crippen LogP contribution in [0.3, 0.4) is 0 Å². The summed E-state index contributed by atoms with van der Waals surface area (Å²) in [5.74, 6) is -0.419. The number of nitrogens with zero attached hydrogens (tertiary/aromatic N) is 4. The molecule has 0 saturated heterocycles. The average molecular weight is 420 g/mol. The standard InChI is InChI=1S/C23H21FN4O3/c1-15(16-9-10-20(19(24)13-16)28-12-6-11-25-28)31-23(29)18-14-27(2)26-22(18)17-7-4-5-8-21(17)30-3/h4-15H,1-3H3/t15-/m0/s1. The highest BCUT2D eigenvalue weighted by Crippen LogP contribution is 2.32. The number of carbonyl (C=O) groups excluding carboxylic acids is 1. The number of aromatic nitrogens is 4. The number of hydrogen-bond donors (Lipinski definition) is 0. The lowest BCUT2D eigenvalue weighted by molar-refractivity contribution is 0.0338. The Hall–Kier alpha value is -3.94. The van der Waals surface area contributed by atoms with Crippen LogP contribution in [0.15, 0.2) is 67.1 Å². The Morgan fingerprint density at radius 1 is 1.16 bits per heavy atom. The summed E-state index contributed by atoms with van der Waals surface area (Å²) in [5.41, 5.74) is 2.28. The van der Waals surface area contributed by atoms with Crippen LogP contribution in [0, 0.1) is 5.82 Å². The Morgan fingerprint density at radius 3 is 2.68 bits per heavy atom. The number of esters is 1. The van der Waals surface area contributed by atoms with Crippen molar-refractivity contribution in [1.29, 1.82) is 0 Å². The first kappa shape index (κ1) is 20.3. The Kier molecular flexibility index (Phi) is 5.53. The average Bonchev–Trinajstić information content (AvgIpc) is 3.43. The molecule has 31 heavy (non-hydrogen) atoms. The van der Waals surface area contributed by atoms with Gasteiger partial charge in [0.25, 0.3) is 0 Å². The van der Waals surface area contributed by atoms with Crippen molar-refractivity contribution in [3.63, 3.8) is 0 Å². The van der Waals surface area contributed by atoms with Gasteiger partial charge < -0.3 is 9.47 Å². The zero-order valence-electron chi connectivity index (χ0n) is 17.3. The molecule has 0 aliphatic carbocycles. The Bertz CT molecular complexity index is 1220. The molecular weight excluding hydrogens is 399 g/mol. The number of halogens is 1. The predicted octanol–water partition coefficient (Wildman–Crippen LogP) is 4.34. The Morgan fingerprint density at radius 2 is 1.97 bits per heavy atom. The maximum Gasteiger partial charge on any atom is 0.342 e. The van der Waals surface area contributed by atoms with Gasteiger partial charge in [0.1, 0.15) is 34.6 Å². The molecule has 4 aromatic rings. The molecule has 2 aromatic carbocycles. The number of rotatable bonds is 6. The summed E-state index contributed by atoms with van der Waals surface area (Å²) in [4.78, 5) is 12.9. The Balaban J connectivity index is 1.59. The summed E-state index contributed by atoms with van der Waals surface area (Å²) in [6.45, 7) is 1.69. The van der Waals surface area contributed by atoms with E-state index in [9.17, 15) is 9.18 Å². The lowest BCUT2D eigenvalue weighted by Crippen LogP contribution is -2.10. The van der Waals surface area contributed by atoms with E-state index in [1.165, 1.54) is 10.7 Å². The minimum absolute atomic E-state index is 0.299. The van der Waals surface area contributed by atoms with Crippen molar-refractivity contribution in [3.05, 3.63) is 84.1 Å². The summed E-state index contributed by atoms with van der Waals surface area (Å²) in [7, 11) is 3.28. The van der Waals surface area contributed by atoms with Crippen molar-refractivity contribution >= 4 is 5.97 Å². The van der Waals surface area contributed by atoms with Gasteiger partial charge in [0.05, 0.1) is 7.11 Å². The van der Waals surface area contributed by atoms with Crippen LogP contribution >= 0.6 is 0 Å². The van der Waals surface area contributed by atoms with Gasteiger partial charge in [-0.1, -0.05) is 18.2 Å². The number of methoxy groups -OCH3 is 1. The van der Waals surface area contributed by atoms with E-state index in [2.05, 4.69) is 10.2 Å². The van der Waals surface area contributed by atoms with Crippen molar-refractivity contribution < 1.29 is 18.7 Å². The van der Waals surface area contributed by atoms with Crippen molar-refractivity contribution in [1.82, 2.24) is 19.6 Å². The highest BCUT2D eigenvalue weighted by Gasteiger charge is 2.23. The van der Waals surface area contributed by atoms with E-state index in [0.29, 0.717) is 33.8 Å². The van der Waals surface area contributed by atoms with Crippen molar-refractivity contribution in [2.24, 2.45) is 7.05 Å². The largest absolute Gasteiger partial charge is 0.496 e. The van der Waals surface area contributed by atoms with Crippen LogP contribution in [-0.4, -0.2) is 32.6 Å². The van der Waals surface area contributed by atoms with Crippen LogP contribution in [0.25, 0.3) is 16.9 Å². The van der Waals surface area contributed by atoms with Gasteiger partial charge in [-0.05, 0) is 42.8 Å². The van der Waals surface area contributed by atoms with Crippen molar-refractivity contribution in [3.8, 4) is 22.7 Å². The smallest absolute Gasteiger partial charge is 0.342 e. The summed E-state index contributed by atoms with van der Waals surface area (Å²) < 4.78 is 28.6. The van der Waals surface area contributed by atoms with E-state index < -0.39 is 17.9 Å². The molecule has 2 aromatic heterocycles. The van der Waals surface area contributed by atoms with Crippen LogP contribution in [0.5, 0.6) is 5.75 Å². The molecule has 0 N–H and O–H groups in total. The number of aryl methyl sites for hydroxylation is 1. The maximum absolute atomic E-state index is 14.6. The molecule has 0 unspecified atom stereocenters. The Labute approximate surface area is 178 Å². The molecular formula is C23H21FN4O3. The molecule has 8 heteroatoms. The fourth-order valence-corrected chi connectivity index (χ4v) is 3.34. The molecule has 0 spiro atoms. The molecule has 0 aliphatic rings. The SMILES string of the molecule is COc1ccccc1-c1nn(C)cc1C(=O)O[C@@H](C)c1ccc(-n2cccn2)c(F)c1. The van der Waals surface area contributed by atoms with E-state index >= 15 is 0 Å². The number of para-hydroxylation sites is 1. The van der Waals surface area contributed by atoms with E-state index in [1.807, 2.05) is 18.2 Å². The monoisotopic (exact) mass is 420 g/mol. The molecule has 0 fully saturated rings. The van der Waals surface area contributed by atoms with Gasteiger partial charge in [-0.25, -0.2) is 13.9 Å². The summed E-state index contributed by atoms with van der Waals surface area (Å²) in [6, 6.07) is 13.7. The predicted molar refractivity (Wildman–Crippen MR) is 113 cm³/mol. The zero-order valence-corrected chi connectivity index (χ0v) is 17.3. The minimum Gasteiger partial charge on any atom is -0.496 e. The molecule has 158 valence electrons. The zero-order chi connectivity index (χ0) is 22.0. The first-order valence-corrected chi connectivity index (χ1v) is 9.65. The third kappa shape index (κ3) is 4.05. The molecule has 1 atom stereocenters. The van der Waals surface area contributed by atoms with Gasteiger partial charge in [-0.2, -0.15) is 10.2 Å². The van der Waals surface area contributed by atoms with Crippen LogP contribution < -0.4 is 4.74 Å². The summed E-state index contributed by atoms with van der Waals surface area (Å²) in [5, 5.41) is 8.45. The maximum atomic E-state index is 14.6. The molecule has 0 aliphatic heterocycles. The third-order valence-electron chi connectivity index (χ3n) is 4.89. The number of carbonyl (C=O) groups is 1. The molecule has 0 saturated carbocycles. The first-order valence-electron chi connectivity index (χ1n) is 9.65. The minimum atomic E-state index is -0.667. The van der Waals surface area contributed by atoms with Crippen LogP contribution in [0.2, 0.25) is 0 Å². The van der Waals surface area contributed by atoms with Gasteiger partial charge in [-0.3, -0.25) is 4.68 Å². The van der Waals surface area contributed by atoms with Gasteiger partial charge in [0.15, 0.2) is 0 Å². The highest BCUT2D eigenvalue weighted by atomic mass is 19.1. The van der Waals surface area contributed by atoms with Crippen molar-refractivity contribution in [2.45, 2.75) is 13.0 Å². The lowest BCUT2D eigenvalue weighted by atomic mass is 10.1. The molecule has 7 nitrogen and oxygen atoms in total. The number of hydrogen-bond acceptors (Lipinski definition) is 5. The van der Waals surface area contributed by atoms with Crippen LogP contribution in [-0.2, 0) is 11.8 Å². The molecule has 0 radical (unpaired) electrons. The first-order chi connectivity index (χ1) is 15.0. The number of benzene rings is 2. The van der Waals surface area contributed by atoms with E-state index in [1.54, 1.807) is 68.6 Å². The second kappa shape index (κ2) is 8.43.